The van der Waals surface area contributed by atoms with Crippen molar-refractivity contribution in [3.05, 3.63) is 65.2 Å². The first-order chi connectivity index (χ1) is 11.6. The second-order valence-corrected chi connectivity index (χ2v) is 6.29. The predicted octanol–water partition coefficient (Wildman–Crippen LogP) is 3.09. The summed E-state index contributed by atoms with van der Waals surface area (Å²) in [5, 5.41) is 2.82. The zero-order valence-corrected chi connectivity index (χ0v) is 14.1. The number of aryl methyl sites for hydroxylation is 2. The van der Waals surface area contributed by atoms with Crippen molar-refractivity contribution in [2.45, 2.75) is 32.7 Å². The number of hydrogen-bond donors (Lipinski definition) is 1. The molecule has 0 saturated carbocycles. The van der Waals surface area contributed by atoms with E-state index < -0.39 is 6.04 Å². The Morgan fingerprint density at radius 1 is 1.12 bits per heavy atom. The van der Waals surface area contributed by atoms with Crippen LogP contribution in [0.15, 0.2) is 48.5 Å². The second-order valence-electron chi connectivity index (χ2n) is 6.29. The molecule has 2 amide bonds. The molecule has 0 saturated heterocycles. The molecule has 4 nitrogen and oxygen atoms in total. The number of carbonyl (C=O) groups is 2. The van der Waals surface area contributed by atoms with Crippen molar-refractivity contribution in [2.75, 3.05) is 11.4 Å². The molecule has 0 bridgehead atoms. The number of hydrogen-bond acceptors (Lipinski definition) is 2. The van der Waals surface area contributed by atoms with Crippen LogP contribution in [-0.4, -0.2) is 24.4 Å². The lowest BCUT2D eigenvalue weighted by molar-refractivity contribution is -0.120. The third-order valence-corrected chi connectivity index (χ3v) is 4.37. The lowest BCUT2D eigenvalue weighted by Gasteiger charge is -2.31. The topological polar surface area (TPSA) is 49.4 Å². The standard InChI is InChI=1S/C20H22N2O2/c1-14-7-5-9-17(13-14)19(23)21-15(2)20(24)22-12-6-10-16-8-3-4-11-18(16)22/h3-5,7-9,11,13,15H,6,10,12H2,1-2H3,(H,21,23)/t15-/m1/s1. The fourth-order valence-corrected chi connectivity index (χ4v) is 3.12. The summed E-state index contributed by atoms with van der Waals surface area (Å²) in [5.41, 5.74) is 3.75. The number of nitrogens with one attached hydrogen (secondary N) is 1. The third-order valence-electron chi connectivity index (χ3n) is 4.37. The predicted molar refractivity (Wildman–Crippen MR) is 95.2 cm³/mol. The van der Waals surface area contributed by atoms with Gasteiger partial charge in [0.15, 0.2) is 0 Å². The molecular weight excluding hydrogens is 300 g/mol. The van der Waals surface area contributed by atoms with Crippen molar-refractivity contribution < 1.29 is 9.59 Å². The van der Waals surface area contributed by atoms with E-state index >= 15 is 0 Å². The van der Waals surface area contributed by atoms with E-state index in [4.69, 9.17) is 0 Å². The van der Waals surface area contributed by atoms with Gasteiger partial charge in [-0.2, -0.15) is 0 Å². The van der Waals surface area contributed by atoms with Crippen molar-refractivity contribution in [3.8, 4) is 0 Å². The summed E-state index contributed by atoms with van der Waals surface area (Å²) >= 11 is 0. The normalized spacial score (nSPS) is 14.7. The van der Waals surface area contributed by atoms with E-state index in [-0.39, 0.29) is 11.8 Å². The van der Waals surface area contributed by atoms with Crippen LogP contribution in [0, 0.1) is 6.92 Å². The van der Waals surface area contributed by atoms with Gasteiger partial charge in [-0.15, -0.1) is 0 Å². The van der Waals surface area contributed by atoms with E-state index in [1.54, 1.807) is 17.9 Å². The molecule has 1 heterocycles. The van der Waals surface area contributed by atoms with Crippen LogP contribution in [0.1, 0.15) is 34.8 Å². The average molecular weight is 322 g/mol. The van der Waals surface area contributed by atoms with Crippen LogP contribution in [-0.2, 0) is 11.2 Å². The summed E-state index contributed by atoms with van der Waals surface area (Å²) in [6.07, 6.45) is 1.94. The molecule has 0 unspecified atom stereocenters. The molecule has 1 N–H and O–H groups in total. The highest BCUT2D eigenvalue weighted by Crippen LogP contribution is 2.27. The van der Waals surface area contributed by atoms with Crippen molar-refractivity contribution in [1.82, 2.24) is 5.32 Å². The Balaban J connectivity index is 1.73. The molecule has 0 fully saturated rings. The molecule has 124 valence electrons. The van der Waals surface area contributed by atoms with Crippen LogP contribution in [0.25, 0.3) is 0 Å². The molecule has 0 aromatic heterocycles. The summed E-state index contributed by atoms with van der Waals surface area (Å²) < 4.78 is 0. The van der Waals surface area contributed by atoms with Gasteiger partial charge in [-0.05, 0) is 50.5 Å². The number of amides is 2. The lowest BCUT2D eigenvalue weighted by Crippen LogP contribution is -2.48. The molecule has 2 aromatic carbocycles. The van der Waals surface area contributed by atoms with E-state index in [1.807, 2.05) is 43.3 Å². The Bertz CT molecular complexity index is 770. The van der Waals surface area contributed by atoms with Crippen LogP contribution >= 0.6 is 0 Å². The number of rotatable bonds is 3. The highest BCUT2D eigenvalue weighted by atomic mass is 16.2. The van der Waals surface area contributed by atoms with Crippen LogP contribution in [0.3, 0.4) is 0 Å². The highest BCUT2D eigenvalue weighted by Gasteiger charge is 2.27. The van der Waals surface area contributed by atoms with Crippen LogP contribution in [0.5, 0.6) is 0 Å². The molecule has 0 spiro atoms. The minimum atomic E-state index is -0.566. The summed E-state index contributed by atoms with van der Waals surface area (Å²) in [5.74, 6) is -0.284. The number of anilines is 1. The van der Waals surface area contributed by atoms with Crippen LogP contribution in [0.2, 0.25) is 0 Å². The summed E-state index contributed by atoms with van der Waals surface area (Å²) in [6.45, 7) is 4.38. The van der Waals surface area contributed by atoms with Gasteiger partial charge in [0.2, 0.25) is 5.91 Å². The lowest BCUT2D eigenvalue weighted by atomic mass is 10.0. The zero-order valence-electron chi connectivity index (χ0n) is 14.1. The smallest absolute Gasteiger partial charge is 0.251 e. The Labute approximate surface area is 142 Å². The molecule has 4 heteroatoms. The second kappa shape index (κ2) is 6.87. The number of benzene rings is 2. The van der Waals surface area contributed by atoms with Crippen molar-refractivity contribution >= 4 is 17.5 Å². The van der Waals surface area contributed by atoms with Gasteiger partial charge >= 0.3 is 0 Å². The van der Waals surface area contributed by atoms with E-state index in [0.717, 1.165) is 24.1 Å². The highest BCUT2D eigenvalue weighted by molar-refractivity contribution is 6.02. The van der Waals surface area contributed by atoms with Gasteiger partial charge in [-0.3, -0.25) is 9.59 Å². The van der Waals surface area contributed by atoms with Gasteiger partial charge in [0.05, 0.1) is 0 Å². The summed E-state index contributed by atoms with van der Waals surface area (Å²) in [4.78, 5) is 27.0. The molecule has 1 aliphatic rings. The largest absolute Gasteiger partial charge is 0.341 e. The van der Waals surface area contributed by atoms with E-state index in [9.17, 15) is 9.59 Å². The summed E-state index contributed by atoms with van der Waals surface area (Å²) in [6, 6.07) is 14.8. The van der Waals surface area contributed by atoms with Crippen LogP contribution < -0.4 is 10.2 Å². The van der Waals surface area contributed by atoms with Crippen LogP contribution in [0.4, 0.5) is 5.69 Å². The average Bonchev–Trinajstić information content (AvgIpc) is 2.60. The Morgan fingerprint density at radius 3 is 2.71 bits per heavy atom. The maximum atomic E-state index is 12.8. The Kier molecular flexibility index (Phi) is 4.65. The minimum absolute atomic E-state index is 0.0665. The monoisotopic (exact) mass is 322 g/mol. The first-order valence-electron chi connectivity index (χ1n) is 8.33. The van der Waals surface area contributed by atoms with E-state index in [1.165, 1.54) is 5.56 Å². The molecule has 2 aromatic rings. The van der Waals surface area contributed by atoms with Crippen molar-refractivity contribution in [2.24, 2.45) is 0 Å². The van der Waals surface area contributed by atoms with Gasteiger partial charge in [0.1, 0.15) is 6.04 Å². The number of carbonyl (C=O) groups excluding carboxylic acids is 2. The number of fused-ring (bicyclic) bond motifs is 1. The van der Waals surface area contributed by atoms with E-state index in [0.29, 0.717) is 12.1 Å². The first-order valence-corrected chi connectivity index (χ1v) is 8.33. The molecule has 24 heavy (non-hydrogen) atoms. The maximum Gasteiger partial charge on any atom is 0.251 e. The van der Waals surface area contributed by atoms with Crippen molar-refractivity contribution in [3.63, 3.8) is 0 Å². The third kappa shape index (κ3) is 3.32. The molecular formula is C20H22N2O2. The Hall–Kier alpha value is -2.62. The maximum absolute atomic E-state index is 12.8. The van der Waals surface area contributed by atoms with Crippen molar-refractivity contribution in [1.29, 1.82) is 0 Å². The molecule has 1 aliphatic heterocycles. The van der Waals surface area contributed by atoms with Gasteiger partial charge in [-0.25, -0.2) is 0 Å². The first kappa shape index (κ1) is 16.2. The number of nitrogens with zero attached hydrogens (tertiary/aromatic N) is 1. The zero-order chi connectivity index (χ0) is 17.1. The minimum Gasteiger partial charge on any atom is -0.341 e. The fourth-order valence-electron chi connectivity index (χ4n) is 3.12. The molecule has 0 aliphatic carbocycles. The SMILES string of the molecule is Cc1cccc(C(=O)N[C@H](C)C(=O)N2CCCc3ccccc32)c1. The van der Waals surface area contributed by atoms with Gasteiger partial charge in [-0.1, -0.05) is 35.9 Å². The van der Waals surface area contributed by atoms with Gasteiger partial charge < -0.3 is 10.2 Å². The van der Waals surface area contributed by atoms with Gasteiger partial charge in [0.25, 0.3) is 5.91 Å². The quantitative estimate of drug-likeness (QED) is 0.944. The van der Waals surface area contributed by atoms with E-state index in [2.05, 4.69) is 11.4 Å². The Morgan fingerprint density at radius 2 is 1.92 bits per heavy atom. The summed E-state index contributed by atoms with van der Waals surface area (Å²) in [7, 11) is 0. The van der Waals surface area contributed by atoms with Gasteiger partial charge in [0, 0.05) is 17.8 Å². The molecule has 0 radical (unpaired) electrons. The molecule has 1 atom stereocenters. The molecule has 3 rings (SSSR count). The fraction of sp³-hybridized carbons (Fsp3) is 0.300. The number of para-hydroxylation sites is 1.